The van der Waals surface area contributed by atoms with Crippen LogP contribution in [-0.2, 0) is 44.5 Å². The Hall–Kier alpha value is -4.00. The van der Waals surface area contributed by atoms with Crippen LogP contribution in [0.2, 0.25) is 0 Å². The second kappa shape index (κ2) is 16.8. The van der Waals surface area contributed by atoms with Gasteiger partial charge in [0.1, 0.15) is 23.8 Å². The number of ether oxygens (including phenoxy) is 5. The van der Waals surface area contributed by atoms with Gasteiger partial charge in [0.25, 0.3) is 0 Å². The number of rotatable bonds is 9. The van der Waals surface area contributed by atoms with E-state index in [4.69, 9.17) is 28.7 Å². The zero-order valence-electron chi connectivity index (χ0n) is 31.4. The normalized spacial score (nSPS) is 32.2. The van der Waals surface area contributed by atoms with Gasteiger partial charge < -0.3 is 38.9 Å². The monoisotopic (exact) mass is 722 g/mol. The number of fused-ring (bicyclic) bond motifs is 6. The van der Waals surface area contributed by atoms with Crippen LogP contribution in [0.1, 0.15) is 85.5 Å². The number of carbonyl (C=O) groups is 3. The van der Waals surface area contributed by atoms with E-state index in [1.165, 1.54) is 6.92 Å². The number of allylic oxidation sites excluding steroid dienone is 2. The molecule has 0 radical (unpaired) electrons. The van der Waals surface area contributed by atoms with Crippen LogP contribution in [0.25, 0.3) is 0 Å². The summed E-state index contributed by atoms with van der Waals surface area (Å²) in [4.78, 5) is 48.4. The standard InChI is InChI=1S/C40H54N2O10/c1-22(2)15-26-17-34(45)51-36-35(52-39(47)40(36,7)21-44)25(6)10-11-27-12-13-30(41-27)37-42-31(33(50-37)20-49-38(26)46)18-28-29(24(5)9-8-14-43)19-48-32(28)16-23(3)4/h10,12-13,17-18,22-23,31-33,35-36,41,43-44H,8-9,11,14-16,19-21H2,1-7H3/b25-10-,26-17-,28-18-,29-24+. The highest BCUT2D eigenvalue weighted by Gasteiger charge is 2.57. The summed E-state index contributed by atoms with van der Waals surface area (Å²) >= 11 is 0. The van der Waals surface area contributed by atoms with Crippen LogP contribution >= 0.6 is 0 Å². The summed E-state index contributed by atoms with van der Waals surface area (Å²) in [6.45, 7) is 13.3. The number of aromatic amines is 1. The van der Waals surface area contributed by atoms with Gasteiger partial charge in [0.15, 0.2) is 18.3 Å². The number of aliphatic hydroxyl groups is 2. The molecule has 6 atom stereocenters. The van der Waals surface area contributed by atoms with Gasteiger partial charge in [-0.05, 0) is 93.2 Å². The molecule has 4 bridgehead atoms. The fraction of sp³-hybridized carbons (Fsp3) is 0.600. The van der Waals surface area contributed by atoms with E-state index in [9.17, 15) is 24.6 Å². The highest BCUT2D eigenvalue weighted by Crippen LogP contribution is 2.40. The molecule has 5 rings (SSSR count). The van der Waals surface area contributed by atoms with Gasteiger partial charge in [0.05, 0.1) is 19.3 Å². The number of hydrogen-bond acceptors (Lipinski definition) is 11. The minimum atomic E-state index is -1.49. The Morgan fingerprint density at radius 3 is 2.56 bits per heavy atom. The van der Waals surface area contributed by atoms with E-state index < -0.39 is 54.3 Å². The molecule has 4 aliphatic heterocycles. The van der Waals surface area contributed by atoms with Gasteiger partial charge in [-0.2, -0.15) is 0 Å². The number of nitrogens with one attached hydrogen (secondary N) is 1. The van der Waals surface area contributed by atoms with Crippen molar-refractivity contribution in [3.05, 3.63) is 69.6 Å². The van der Waals surface area contributed by atoms with Gasteiger partial charge in [-0.1, -0.05) is 39.3 Å². The number of H-pyrrole nitrogens is 1. The Bertz CT molecular complexity index is 1660. The summed E-state index contributed by atoms with van der Waals surface area (Å²) in [5, 5.41) is 19.7. The summed E-state index contributed by atoms with van der Waals surface area (Å²) in [5.41, 5.74) is 4.03. The predicted molar refractivity (Wildman–Crippen MR) is 193 cm³/mol. The summed E-state index contributed by atoms with van der Waals surface area (Å²) in [7, 11) is 0. The Balaban J connectivity index is 1.55. The third-order valence-electron chi connectivity index (χ3n) is 10.1. The van der Waals surface area contributed by atoms with E-state index >= 15 is 0 Å². The van der Waals surface area contributed by atoms with E-state index in [2.05, 4.69) is 31.8 Å². The molecule has 2 saturated heterocycles. The maximum Gasteiger partial charge on any atom is 0.334 e. The molecule has 0 aliphatic carbocycles. The number of nitrogens with zero attached hydrogens (tertiary/aromatic N) is 1. The molecule has 4 aliphatic rings. The lowest BCUT2D eigenvalue weighted by Crippen LogP contribution is -2.43. The van der Waals surface area contributed by atoms with E-state index in [1.54, 1.807) is 6.92 Å². The first-order valence-electron chi connectivity index (χ1n) is 18.4. The first-order valence-corrected chi connectivity index (χ1v) is 18.4. The van der Waals surface area contributed by atoms with Crippen LogP contribution in [0.3, 0.4) is 0 Å². The van der Waals surface area contributed by atoms with Crippen LogP contribution in [0, 0.1) is 17.3 Å². The molecule has 0 spiro atoms. The van der Waals surface area contributed by atoms with Crippen molar-refractivity contribution in [2.75, 3.05) is 26.4 Å². The third-order valence-corrected chi connectivity index (χ3v) is 10.1. The zero-order valence-corrected chi connectivity index (χ0v) is 31.4. The maximum atomic E-state index is 13.7. The molecular weight excluding hydrogens is 668 g/mol. The zero-order chi connectivity index (χ0) is 37.7. The molecule has 2 fully saturated rings. The molecule has 6 unspecified atom stereocenters. The molecule has 0 saturated carbocycles. The van der Waals surface area contributed by atoms with Crippen LogP contribution < -0.4 is 0 Å². The number of aliphatic hydroxyl groups excluding tert-OH is 2. The Morgan fingerprint density at radius 2 is 1.87 bits per heavy atom. The molecule has 12 nitrogen and oxygen atoms in total. The van der Waals surface area contributed by atoms with Crippen molar-refractivity contribution in [1.29, 1.82) is 0 Å². The lowest BCUT2D eigenvalue weighted by atomic mass is 9.83. The van der Waals surface area contributed by atoms with Crippen molar-refractivity contribution in [3.63, 3.8) is 0 Å². The molecular formula is C40H54N2O10. The minimum absolute atomic E-state index is 0.00163. The molecule has 5 heterocycles. The van der Waals surface area contributed by atoms with Gasteiger partial charge >= 0.3 is 17.9 Å². The topological polar surface area (TPSA) is 166 Å². The van der Waals surface area contributed by atoms with Crippen molar-refractivity contribution >= 4 is 23.8 Å². The summed E-state index contributed by atoms with van der Waals surface area (Å²) in [6.07, 6.45) is 5.08. The van der Waals surface area contributed by atoms with Crippen molar-refractivity contribution in [2.24, 2.45) is 22.2 Å². The van der Waals surface area contributed by atoms with E-state index in [0.29, 0.717) is 42.5 Å². The molecule has 3 N–H and O–H groups in total. The smallest absolute Gasteiger partial charge is 0.334 e. The van der Waals surface area contributed by atoms with Crippen LogP contribution in [0.15, 0.2) is 63.2 Å². The average Bonchev–Trinajstić information content (AvgIpc) is 3.87. The third kappa shape index (κ3) is 8.78. The Kier molecular flexibility index (Phi) is 12.6. The highest BCUT2D eigenvalue weighted by molar-refractivity contribution is 5.97. The fourth-order valence-electron chi connectivity index (χ4n) is 7.01. The van der Waals surface area contributed by atoms with Crippen LogP contribution in [0.5, 0.6) is 0 Å². The summed E-state index contributed by atoms with van der Waals surface area (Å²) < 4.78 is 30.1. The second-order valence-electron chi connectivity index (χ2n) is 15.4. The number of aliphatic imine (C=N–C) groups is 1. The number of hydrogen-bond donors (Lipinski definition) is 3. The maximum absolute atomic E-state index is 13.7. The average molecular weight is 723 g/mol. The Morgan fingerprint density at radius 1 is 1.10 bits per heavy atom. The highest BCUT2D eigenvalue weighted by atomic mass is 16.6. The molecule has 1 aromatic heterocycles. The molecule has 52 heavy (non-hydrogen) atoms. The number of cyclic esters (lactones) is 1. The summed E-state index contributed by atoms with van der Waals surface area (Å²) in [5.74, 6) is -1.46. The fourth-order valence-corrected chi connectivity index (χ4v) is 7.01. The largest absolute Gasteiger partial charge is 0.467 e. The number of carbonyl (C=O) groups excluding carboxylic acids is 3. The SMILES string of the molecule is C/C1=C/Cc2ccc([nH]2)C2=NC(/C=C3/C(=C(\C)CCCO)COC3CC(C)C)C(COC(=O)/C(CC(C)C)=C\C(=O)OC3C1OC(=O)C3(C)CO)O2. The minimum Gasteiger partial charge on any atom is -0.467 e. The van der Waals surface area contributed by atoms with Crippen molar-refractivity contribution in [1.82, 2.24) is 4.98 Å². The van der Waals surface area contributed by atoms with Crippen LogP contribution in [-0.4, -0.2) is 95.9 Å². The van der Waals surface area contributed by atoms with Gasteiger partial charge in [-0.15, -0.1) is 0 Å². The molecule has 12 heteroatoms. The molecule has 1 aromatic rings. The lowest BCUT2D eigenvalue weighted by Gasteiger charge is -2.27. The van der Waals surface area contributed by atoms with Gasteiger partial charge in [-0.3, -0.25) is 4.79 Å². The lowest BCUT2D eigenvalue weighted by molar-refractivity contribution is -0.153. The van der Waals surface area contributed by atoms with Crippen molar-refractivity contribution in [3.8, 4) is 0 Å². The van der Waals surface area contributed by atoms with Crippen molar-refractivity contribution < 1.29 is 48.3 Å². The Labute approximate surface area is 306 Å². The van der Waals surface area contributed by atoms with E-state index in [0.717, 1.165) is 41.3 Å². The van der Waals surface area contributed by atoms with Gasteiger partial charge in [0, 0.05) is 30.4 Å². The molecule has 0 amide bonds. The van der Waals surface area contributed by atoms with Crippen molar-refractivity contribution in [2.45, 2.75) is 111 Å². The number of esters is 3. The predicted octanol–water partition coefficient (Wildman–Crippen LogP) is 4.84. The van der Waals surface area contributed by atoms with E-state index in [-0.39, 0.29) is 37.2 Å². The van der Waals surface area contributed by atoms with E-state index in [1.807, 2.05) is 32.1 Å². The summed E-state index contributed by atoms with van der Waals surface area (Å²) in [6, 6.07) is 3.27. The quantitative estimate of drug-likeness (QED) is 0.182. The molecule has 284 valence electrons. The molecule has 0 aromatic carbocycles. The first kappa shape index (κ1) is 39.2. The van der Waals surface area contributed by atoms with Crippen LogP contribution in [0.4, 0.5) is 0 Å². The number of aromatic nitrogens is 1. The van der Waals surface area contributed by atoms with Gasteiger partial charge in [-0.25, -0.2) is 14.6 Å². The first-order chi connectivity index (χ1) is 24.7. The second-order valence-corrected chi connectivity index (χ2v) is 15.4. The van der Waals surface area contributed by atoms with Gasteiger partial charge in [0.2, 0.25) is 5.90 Å².